The average Bonchev–Trinajstić information content (AvgIpc) is 3.11. The molecule has 0 unspecified atom stereocenters. The topological polar surface area (TPSA) is 47.0 Å². The Morgan fingerprint density at radius 2 is 1.93 bits per heavy atom. The maximum Gasteiger partial charge on any atom is 0.143 e. The maximum absolute atomic E-state index is 6.26. The summed E-state index contributed by atoms with van der Waals surface area (Å²) in [5.41, 5.74) is 4.14. The van der Waals surface area contributed by atoms with E-state index in [1.807, 2.05) is 44.2 Å². The van der Waals surface area contributed by atoms with Crippen molar-refractivity contribution in [3.05, 3.63) is 64.8 Å². The van der Waals surface area contributed by atoms with Crippen molar-refractivity contribution in [2.45, 2.75) is 13.8 Å². The van der Waals surface area contributed by atoms with Gasteiger partial charge < -0.3 is 10.1 Å². The number of ether oxygens (including phenoxy) is 1. The highest BCUT2D eigenvalue weighted by Gasteiger charge is 2.14. The Hall–Kier alpha value is -2.63. The highest BCUT2D eigenvalue weighted by molar-refractivity contribution is 7.17. The number of nitrogens with one attached hydrogen (secondary N) is 1. The van der Waals surface area contributed by atoms with Gasteiger partial charge in [0.25, 0.3) is 0 Å². The third kappa shape index (κ3) is 3.61. The summed E-state index contributed by atoms with van der Waals surface area (Å²) < 4.78 is 5.54. The van der Waals surface area contributed by atoms with E-state index in [4.69, 9.17) is 16.3 Å². The molecule has 4 nitrogen and oxygen atoms in total. The first-order valence-electron chi connectivity index (χ1n) is 8.64. The fourth-order valence-corrected chi connectivity index (χ4v) is 3.98. The van der Waals surface area contributed by atoms with E-state index in [2.05, 4.69) is 32.8 Å². The molecule has 0 fully saturated rings. The lowest BCUT2D eigenvalue weighted by atomic mass is 10.1. The standard InChI is InChI=1S/C21H18ClN3OS/c1-3-26-16-8-5-14(6-9-16)17-11-27-21-19(17)20(23-12-24-21)25-15-7-4-13(2)18(22)10-15/h4-12H,3H2,1-2H3,(H,23,24,25). The van der Waals surface area contributed by atoms with Crippen LogP contribution in [0.15, 0.2) is 54.2 Å². The zero-order valence-electron chi connectivity index (χ0n) is 15.0. The SMILES string of the molecule is CCOc1ccc(-c2csc3ncnc(Nc4ccc(C)c(Cl)c4)c23)cc1. The van der Waals surface area contributed by atoms with Gasteiger partial charge >= 0.3 is 0 Å². The lowest BCUT2D eigenvalue weighted by Gasteiger charge is -2.10. The number of thiophene rings is 1. The van der Waals surface area contributed by atoms with Crippen LogP contribution in [0.4, 0.5) is 11.5 Å². The smallest absolute Gasteiger partial charge is 0.143 e. The van der Waals surface area contributed by atoms with Gasteiger partial charge in [-0.05, 0) is 49.2 Å². The van der Waals surface area contributed by atoms with Crippen molar-refractivity contribution in [2.24, 2.45) is 0 Å². The van der Waals surface area contributed by atoms with E-state index >= 15 is 0 Å². The van der Waals surface area contributed by atoms with Gasteiger partial charge in [-0.1, -0.05) is 29.8 Å². The summed E-state index contributed by atoms with van der Waals surface area (Å²) in [5.74, 6) is 1.63. The largest absolute Gasteiger partial charge is 0.494 e. The molecule has 2 aromatic heterocycles. The summed E-state index contributed by atoms with van der Waals surface area (Å²) in [6, 6.07) is 14.0. The summed E-state index contributed by atoms with van der Waals surface area (Å²) in [5, 5.41) is 7.23. The quantitative estimate of drug-likeness (QED) is 0.421. The van der Waals surface area contributed by atoms with Gasteiger partial charge in [-0.25, -0.2) is 9.97 Å². The number of anilines is 2. The van der Waals surface area contributed by atoms with Gasteiger partial charge in [-0.2, -0.15) is 0 Å². The molecule has 2 heterocycles. The maximum atomic E-state index is 6.26. The predicted octanol–water partition coefficient (Wildman–Crippen LogP) is 6.46. The molecule has 0 bridgehead atoms. The van der Waals surface area contributed by atoms with E-state index < -0.39 is 0 Å². The van der Waals surface area contributed by atoms with Gasteiger partial charge in [0.05, 0.1) is 12.0 Å². The Morgan fingerprint density at radius 1 is 1.11 bits per heavy atom. The highest BCUT2D eigenvalue weighted by atomic mass is 35.5. The Balaban J connectivity index is 1.76. The van der Waals surface area contributed by atoms with Crippen LogP contribution in [0, 0.1) is 6.92 Å². The molecule has 0 radical (unpaired) electrons. The fourth-order valence-electron chi connectivity index (χ4n) is 2.89. The molecule has 0 spiro atoms. The molecule has 4 rings (SSSR count). The zero-order chi connectivity index (χ0) is 18.8. The lowest BCUT2D eigenvalue weighted by Crippen LogP contribution is -1.96. The molecular formula is C21H18ClN3OS. The second kappa shape index (κ2) is 7.55. The third-order valence-electron chi connectivity index (χ3n) is 4.28. The second-order valence-electron chi connectivity index (χ2n) is 6.10. The van der Waals surface area contributed by atoms with Crippen molar-refractivity contribution < 1.29 is 4.74 Å². The molecule has 136 valence electrons. The predicted molar refractivity (Wildman–Crippen MR) is 113 cm³/mol. The van der Waals surface area contributed by atoms with Gasteiger partial charge in [0.2, 0.25) is 0 Å². The Kier molecular flexibility index (Phi) is 4.97. The third-order valence-corrected chi connectivity index (χ3v) is 5.57. The highest BCUT2D eigenvalue weighted by Crippen LogP contribution is 2.38. The summed E-state index contributed by atoms with van der Waals surface area (Å²) in [7, 11) is 0. The fraction of sp³-hybridized carbons (Fsp3) is 0.143. The Bertz CT molecular complexity index is 1090. The number of rotatable bonds is 5. The first-order valence-corrected chi connectivity index (χ1v) is 9.90. The van der Waals surface area contributed by atoms with E-state index in [1.165, 1.54) is 0 Å². The number of aromatic nitrogens is 2. The van der Waals surface area contributed by atoms with Gasteiger partial charge in [-0.15, -0.1) is 11.3 Å². The lowest BCUT2D eigenvalue weighted by molar-refractivity contribution is 0.340. The van der Waals surface area contributed by atoms with E-state index in [0.717, 1.165) is 49.2 Å². The monoisotopic (exact) mass is 395 g/mol. The minimum atomic E-state index is 0.655. The molecule has 0 amide bonds. The van der Waals surface area contributed by atoms with Crippen molar-refractivity contribution in [3.8, 4) is 16.9 Å². The van der Waals surface area contributed by atoms with E-state index in [0.29, 0.717) is 6.61 Å². The molecule has 0 atom stereocenters. The average molecular weight is 396 g/mol. The van der Waals surface area contributed by atoms with Gasteiger partial charge in [-0.3, -0.25) is 0 Å². The van der Waals surface area contributed by atoms with Crippen molar-refractivity contribution >= 4 is 44.7 Å². The van der Waals surface area contributed by atoms with Gasteiger partial charge in [0, 0.05) is 21.7 Å². The molecule has 0 aliphatic carbocycles. The van der Waals surface area contributed by atoms with Gasteiger partial charge in [0.1, 0.15) is 22.7 Å². The minimum absolute atomic E-state index is 0.655. The molecule has 0 aliphatic heterocycles. The number of halogens is 1. The zero-order valence-corrected chi connectivity index (χ0v) is 16.6. The van der Waals surface area contributed by atoms with Crippen molar-refractivity contribution in [1.29, 1.82) is 0 Å². The van der Waals surface area contributed by atoms with Crippen molar-refractivity contribution in [2.75, 3.05) is 11.9 Å². The summed E-state index contributed by atoms with van der Waals surface area (Å²) in [6.45, 7) is 4.62. The van der Waals surface area contributed by atoms with Crippen LogP contribution in [0.3, 0.4) is 0 Å². The number of benzene rings is 2. The molecule has 6 heteroatoms. The van der Waals surface area contributed by atoms with E-state index in [-0.39, 0.29) is 0 Å². The van der Waals surface area contributed by atoms with Gasteiger partial charge in [0.15, 0.2) is 0 Å². The van der Waals surface area contributed by atoms with Crippen LogP contribution in [0.1, 0.15) is 12.5 Å². The van der Waals surface area contributed by atoms with Crippen LogP contribution in [-0.4, -0.2) is 16.6 Å². The molecular weight excluding hydrogens is 378 g/mol. The Labute approximate surface area is 166 Å². The Morgan fingerprint density at radius 3 is 2.67 bits per heavy atom. The van der Waals surface area contributed by atoms with Crippen LogP contribution in [0.25, 0.3) is 21.3 Å². The number of nitrogens with zero attached hydrogens (tertiary/aromatic N) is 2. The van der Waals surface area contributed by atoms with Crippen LogP contribution in [-0.2, 0) is 0 Å². The normalized spacial score (nSPS) is 10.9. The van der Waals surface area contributed by atoms with Crippen molar-refractivity contribution in [1.82, 2.24) is 9.97 Å². The molecule has 1 N–H and O–H groups in total. The minimum Gasteiger partial charge on any atom is -0.494 e. The number of hydrogen-bond acceptors (Lipinski definition) is 5. The molecule has 2 aromatic carbocycles. The molecule has 0 saturated heterocycles. The number of aryl methyl sites for hydroxylation is 1. The summed E-state index contributed by atoms with van der Waals surface area (Å²) in [6.07, 6.45) is 1.58. The first kappa shape index (κ1) is 17.8. The van der Waals surface area contributed by atoms with E-state index in [9.17, 15) is 0 Å². The molecule has 0 aliphatic rings. The van der Waals surface area contributed by atoms with E-state index in [1.54, 1.807) is 17.7 Å². The molecule has 4 aromatic rings. The van der Waals surface area contributed by atoms with Crippen LogP contribution in [0.5, 0.6) is 5.75 Å². The van der Waals surface area contributed by atoms with Crippen molar-refractivity contribution in [3.63, 3.8) is 0 Å². The second-order valence-corrected chi connectivity index (χ2v) is 7.36. The van der Waals surface area contributed by atoms with Crippen LogP contribution < -0.4 is 10.1 Å². The summed E-state index contributed by atoms with van der Waals surface area (Å²) >= 11 is 7.87. The number of hydrogen-bond donors (Lipinski definition) is 1. The van der Waals surface area contributed by atoms with Crippen LogP contribution >= 0.6 is 22.9 Å². The summed E-state index contributed by atoms with van der Waals surface area (Å²) in [4.78, 5) is 9.84. The molecule has 0 saturated carbocycles. The number of fused-ring (bicyclic) bond motifs is 1. The first-order chi connectivity index (χ1) is 13.2. The molecule has 27 heavy (non-hydrogen) atoms. The van der Waals surface area contributed by atoms with Crippen LogP contribution in [0.2, 0.25) is 5.02 Å².